The topological polar surface area (TPSA) is 64.6 Å². The Labute approximate surface area is 118 Å². The van der Waals surface area contributed by atoms with Crippen LogP contribution in [0.2, 0.25) is 0 Å². The van der Waals surface area contributed by atoms with Crippen molar-refractivity contribution in [3.63, 3.8) is 0 Å². The van der Waals surface area contributed by atoms with Gasteiger partial charge in [0.2, 0.25) is 10.0 Å². The van der Waals surface area contributed by atoms with E-state index < -0.39 is 10.0 Å². The Morgan fingerprint density at radius 1 is 1.26 bits per heavy atom. The molecule has 1 aromatic rings. The van der Waals surface area contributed by atoms with Crippen molar-refractivity contribution in [3.05, 3.63) is 24.3 Å². The fraction of sp³-hybridized carbons (Fsp3) is 0.500. The van der Waals surface area contributed by atoms with E-state index in [9.17, 15) is 8.42 Å². The number of methoxy groups -OCH3 is 2. The Hall–Kier alpha value is -0.820. The molecule has 0 aliphatic heterocycles. The second-order valence-electron chi connectivity index (χ2n) is 3.91. The molecule has 0 heterocycles. The maximum Gasteiger partial charge on any atom is 0.240 e. The molecule has 0 saturated heterocycles. The number of halogens is 1. The van der Waals surface area contributed by atoms with E-state index in [2.05, 4.69) is 4.72 Å². The molecule has 0 aromatic heterocycles. The minimum absolute atomic E-state index is 0.200. The molecular weight excluding hydrogens is 290 g/mol. The van der Waals surface area contributed by atoms with Crippen LogP contribution in [-0.4, -0.2) is 41.2 Å². The largest absolute Gasteiger partial charge is 0.497 e. The van der Waals surface area contributed by atoms with Gasteiger partial charge in [-0.2, -0.15) is 0 Å². The standard InChI is InChI=1S/C12H18ClNO4S/c1-17-9-10(13)7-8-14-19(15,16)12-5-3-11(18-2)4-6-12/h3-6,10,14H,7-9H2,1-2H3. The first-order valence-electron chi connectivity index (χ1n) is 5.76. The maximum atomic E-state index is 11.9. The van der Waals surface area contributed by atoms with Gasteiger partial charge >= 0.3 is 0 Å². The molecule has 1 N–H and O–H groups in total. The summed E-state index contributed by atoms with van der Waals surface area (Å²) in [5.74, 6) is 0.611. The summed E-state index contributed by atoms with van der Waals surface area (Å²) < 4.78 is 36.2. The van der Waals surface area contributed by atoms with Crippen LogP contribution in [0, 0.1) is 0 Å². The minimum atomic E-state index is -3.50. The normalized spacial score (nSPS) is 13.2. The van der Waals surface area contributed by atoms with Crippen LogP contribution in [0.1, 0.15) is 6.42 Å². The first-order valence-corrected chi connectivity index (χ1v) is 7.68. The van der Waals surface area contributed by atoms with Crippen LogP contribution in [0.3, 0.4) is 0 Å². The predicted octanol–water partition coefficient (Wildman–Crippen LogP) is 1.62. The van der Waals surface area contributed by atoms with Crippen molar-refractivity contribution in [2.75, 3.05) is 27.4 Å². The zero-order valence-electron chi connectivity index (χ0n) is 10.9. The van der Waals surface area contributed by atoms with Crippen molar-refractivity contribution < 1.29 is 17.9 Å². The van der Waals surface area contributed by atoms with Gasteiger partial charge in [-0.1, -0.05) is 0 Å². The highest BCUT2D eigenvalue weighted by Gasteiger charge is 2.14. The average molecular weight is 308 g/mol. The van der Waals surface area contributed by atoms with E-state index in [1.165, 1.54) is 19.2 Å². The summed E-state index contributed by atoms with van der Waals surface area (Å²) in [4.78, 5) is 0.200. The summed E-state index contributed by atoms with van der Waals surface area (Å²) in [6, 6.07) is 6.19. The summed E-state index contributed by atoms with van der Waals surface area (Å²) in [5.41, 5.74) is 0. The van der Waals surface area contributed by atoms with E-state index in [1.807, 2.05) is 0 Å². The summed E-state index contributed by atoms with van der Waals surface area (Å²) >= 11 is 5.92. The van der Waals surface area contributed by atoms with Crippen LogP contribution in [0.25, 0.3) is 0 Å². The van der Waals surface area contributed by atoms with Crippen LogP contribution in [0.4, 0.5) is 0 Å². The number of nitrogens with one attached hydrogen (secondary N) is 1. The first kappa shape index (κ1) is 16.2. The molecule has 0 saturated carbocycles. The third-order valence-corrected chi connectivity index (χ3v) is 4.29. The van der Waals surface area contributed by atoms with Gasteiger partial charge in [-0.15, -0.1) is 11.6 Å². The lowest BCUT2D eigenvalue weighted by Gasteiger charge is -2.10. The quantitative estimate of drug-likeness (QED) is 0.741. The molecule has 5 nitrogen and oxygen atoms in total. The lowest BCUT2D eigenvalue weighted by Crippen LogP contribution is -2.27. The smallest absolute Gasteiger partial charge is 0.240 e. The number of hydrogen-bond acceptors (Lipinski definition) is 4. The van der Waals surface area contributed by atoms with E-state index in [0.29, 0.717) is 18.8 Å². The summed E-state index contributed by atoms with van der Waals surface area (Å²) in [5, 5.41) is -0.205. The highest BCUT2D eigenvalue weighted by molar-refractivity contribution is 7.89. The summed E-state index contributed by atoms with van der Waals surface area (Å²) in [6.07, 6.45) is 0.505. The second-order valence-corrected chi connectivity index (χ2v) is 6.30. The maximum absolute atomic E-state index is 11.9. The second kappa shape index (κ2) is 7.69. The number of sulfonamides is 1. The van der Waals surface area contributed by atoms with Crippen molar-refractivity contribution in [1.29, 1.82) is 0 Å². The molecule has 0 aliphatic carbocycles. The minimum Gasteiger partial charge on any atom is -0.497 e. The monoisotopic (exact) mass is 307 g/mol. The Bertz CT molecular complexity index is 475. The van der Waals surface area contributed by atoms with Crippen molar-refractivity contribution in [3.8, 4) is 5.75 Å². The number of rotatable bonds is 8. The van der Waals surface area contributed by atoms with Crippen molar-refractivity contribution in [1.82, 2.24) is 4.72 Å². The van der Waals surface area contributed by atoms with Crippen LogP contribution in [0.5, 0.6) is 5.75 Å². The van der Waals surface area contributed by atoms with Crippen LogP contribution in [-0.2, 0) is 14.8 Å². The van der Waals surface area contributed by atoms with Crippen molar-refractivity contribution in [2.45, 2.75) is 16.7 Å². The molecule has 1 rings (SSSR count). The fourth-order valence-electron chi connectivity index (χ4n) is 1.45. The predicted molar refractivity (Wildman–Crippen MR) is 74.3 cm³/mol. The van der Waals surface area contributed by atoms with Crippen LogP contribution in [0.15, 0.2) is 29.2 Å². The van der Waals surface area contributed by atoms with E-state index in [1.54, 1.807) is 19.2 Å². The number of alkyl halides is 1. The van der Waals surface area contributed by atoms with Crippen LogP contribution < -0.4 is 9.46 Å². The molecule has 1 unspecified atom stereocenters. The Kier molecular flexibility index (Phi) is 6.57. The molecule has 19 heavy (non-hydrogen) atoms. The van der Waals surface area contributed by atoms with Gasteiger partial charge in [0.25, 0.3) is 0 Å². The van der Waals surface area contributed by atoms with Gasteiger partial charge in [0, 0.05) is 13.7 Å². The Balaban J connectivity index is 2.55. The molecule has 1 aromatic carbocycles. The molecule has 0 aliphatic rings. The first-order chi connectivity index (χ1) is 8.99. The van der Waals surface area contributed by atoms with Gasteiger partial charge in [-0.05, 0) is 30.7 Å². The Morgan fingerprint density at radius 3 is 2.42 bits per heavy atom. The molecule has 0 radical (unpaired) electrons. The van der Waals surface area contributed by atoms with Crippen molar-refractivity contribution in [2.24, 2.45) is 0 Å². The molecule has 0 amide bonds. The SMILES string of the molecule is COCC(Cl)CCNS(=O)(=O)c1ccc(OC)cc1. The molecule has 7 heteroatoms. The van der Waals surface area contributed by atoms with Gasteiger partial charge in [0.15, 0.2) is 0 Å². The van der Waals surface area contributed by atoms with Gasteiger partial charge in [0.05, 0.1) is 24.0 Å². The summed E-state index contributed by atoms with van der Waals surface area (Å²) in [6.45, 7) is 0.664. The van der Waals surface area contributed by atoms with Gasteiger partial charge < -0.3 is 9.47 Å². The summed E-state index contributed by atoms with van der Waals surface area (Å²) in [7, 11) is -0.422. The third-order valence-electron chi connectivity index (χ3n) is 2.47. The van der Waals surface area contributed by atoms with E-state index in [4.69, 9.17) is 21.1 Å². The van der Waals surface area contributed by atoms with E-state index in [0.717, 1.165) is 0 Å². The fourth-order valence-corrected chi connectivity index (χ4v) is 2.74. The van der Waals surface area contributed by atoms with Gasteiger partial charge in [0.1, 0.15) is 5.75 Å². The third kappa shape index (κ3) is 5.36. The molecule has 0 bridgehead atoms. The molecular formula is C12H18ClNO4S. The average Bonchev–Trinajstić information content (AvgIpc) is 2.39. The molecule has 0 spiro atoms. The number of hydrogen-bond donors (Lipinski definition) is 1. The van der Waals surface area contributed by atoms with Gasteiger partial charge in [-0.25, -0.2) is 13.1 Å². The van der Waals surface area contributed by atoms with Crippen molar-refractivity contribution >= 4 is 21.6 Å². The van der Waals surface area contributed by atoms with E-state index in [-0.39, 0.29) is 16.8 Å². The highest BCUT2D eigenvalue weighted by Crippen LogP contribution is 2.15. The number of benzene rings is 1. The Morgan fingerprint density at radius 2 is 1.89 bits per heavy atom. The van der Waals surface area contributed by atoms with Gasteiger partial charge in [-0.3, -0.25) is 0 Å². The highest BCUT2D eigenvalue weighted by atomic mass is 35.5. The zero-order valence-corrected chi connectivity index (χ0v) is 12.5. The lowest BCUT2D eigenvalue weighted by atomic mass is 10.3. The zero-order chi connectivity index (χ0) is 14.3. The molecule has 0 fully saturated rings. The van der Waals surface area contributed by atoms with Crippen LogP contribution >= 0.6 is 11.6 Å². The molecule has 1 atom stereocenters. The lowest BCUT2D eigenvalue weighted by molar-refractivity contribution is 0.196. The number of ether oxygens (including phenoxy) is 2. The molecule has 108 valence electrons. The van der Waals surface area contributed by atoms with E-state index >= 15 is 0 Å².